The third-order valence-corrected chi connectivity index (χ3v) is 8.45. The lowest BCUT2D eigenvalue weighted by atomic mass is 9.72. The van der Waals surface area contributed by atoms with Gasteiger partial charge in [0, 0.05) is 31.0 Å². The Morgan fingerprint density at radius 2 is 1.06 bits per heavy atom. The summed E-state index contributed by atoms with van der Waals surface area (Å²) < 4.78 is 6.73. The lowest BCUT2D eigenvalue weighted by Crippen LogP contribution is -2.65. The second-order valence-corrected chi connectivity index (χ2v) is 13.4. The first-order valence-electron chi connectivity index (χ1n) is 15.2. The third-order valence-electron chi connectivity index (χ3n) is 8.45. The van der Waals surface area contributed by atoms with Crippen LogP contribution in [0.5, 0.6) is 0 Å². The molecule has 2 rings (SSSR count). The molecule has 2 saturated heterocycles. The smallest absolute Gasteiger partial charge is 0.257 e. The van der Waals surface area contributed by atoms with Gasteiger partial charge in [0.2, 0.25) is 0 Å². The normalized spacial score (nSPS) is 25.0. The van der Waals surface area contributed by atoms with Crippen molar-refractivity contribution in [1.29, 1.82) is 0 Å². The summed E-state index contributed by atoms with van der Waals surface area (Å²) in [5.41, 5.74) is -1.39. The lowest BCUT2D eigenvalue weighted by Gasteiger charge is -2.50. The van der Waals surface area contributed by atoms with Crippen LogP contribution in [0.15, 0.2) is 0 Å². The summed E-state index contributed by atoms with van der Waals surface area (Å²) >= 11 is 0. The van der Waals surface area contributed by atoms with Gasteiger partial charge in [0.05, 0.1) is 0 Å². The number of amides is 1. The molecule has 2 heterocycles. The van der Waals surface area contributed by atoms with E-state index in [-0.39, 0.29) is 17.0 Å². The number of piperidine rings is 1. The molecule has 2 fully saturated rings. The Hall–Kier alpha value is -0.610. The van der Waals surface area contributed by atoms with Crippen LogP contribution in [0.25, 0.3) is 0 Å². The van der Waals surface area contributed by atoms with E-state index in [2.05, 4.69) is 46.9 Å². The summed E-state index contributed by atoms with van der Waals surface area (Å²) in [5.74, 6) is 0.180. The van der Waals surface area contributed by atoms with E-state index in [1.165, 1.54) is 96.3 Å². The second-order valence-electron chi connectivity index (χ2n) is 13.4. The Balaban J connectivity index is 1.56. The maximum Gasteiger partial charge on any atom is 0.257 e. The van der Waals surface area contributed by atoms with Crippen LogP contribution in [0.3, 0.4) is 0 Å². The second kappa shape index (κ2) is 13.8. The molecule has 1 unspecified atom stereocenters. The van der Waals surface area contributed by atoms with Gasteiger partial charge in [-0.15, -0.1) is 0 Å². The summed E-state index contributed by atoms with van der Waals surface area (Å²) in [7, 11) is 1.95. The average Bonchev–Trinajstić information content (AvgIpc) is 2.91. The predicted octanol–water partition coefficient (Wildman–Crippen LogP) is 8.52. The maximum atomic E-state index is 13.4. The van der Waals surface area contributed by atoms with Crippen LogP contribution < -0.4 is 5.32 Å². The summed E-state index contributed by atoms with van der Waals surface area (Å²) in [6.45, 7) is 13.2. The molecular formula is C31H60N2O2. The Kier molecular flexibility index (Phi) is 12.1. The molecule has 2 aliphatic heterocycles. The molecular weight excluding hydrogens is 432 g/mol. The largest absolute Gasteiger partial charge is 0.339 e. The first kappa shape index (κ1) is 30.6. The highest BCUT2D eigenvalue weighted by atomic mass is 16.6. The van der Waals surface area contributed by atoms with Crippen molar-refractivity contribution in [3.8, 4) is 0 Å². The Bertz CT molecular complexity index is 613. The molecule has 1 atom stereocenters. The minimum Gasteiger partial charge on any atom is -0.339 e. The zero-order chi connectivity index (χ0) is 26.0. The van der Waals surface area contributed by atoms with Crippen molar-refractivity contribution >= 4 is 5.91 Å². The molecule has 0 aliphatic carbocycles. The van der Waals surface area contributed by atoms with Crippen LogP contribution in [0.4, 0.5) is 0 Å². The van der Waals surface area contributed by atoms with E-state index in [0.29, 0.717) is 0 Å². The SMILES string of the molecule is CCCCCCCCCCCCCCCCCCC1(C)OC2(CC(C)(C)NC(C)(C)C2)C(=O)N1C. The van der Waals surface area contributed by atoms with Gasteiger partial charge in [-0.05, 0) is 47.5 Å². The minimum absolute atomic E-state index is 0.113. The van der Waals surface area contributed by atoms with Gasteiger partial charge in [-0.2, -0.15) is 0 Å². The standard InChI is InChI=1S/C31H60N2O2/c1-8-9-10-11-12-13-14-15-16-17-18-19-20-21-22-23-24-30(6)33(7)27(34)31(35-30)25-28(2,3)32-29(4,5)26-31/h32H,8-26H2,1-7H3. The number of hydrogen-bond donors (Lipinski definition) is 1. The number of nitrogens with one attached hydrogen (secondary N) is 1. The van der Waals surface area contributed by atoms with E-state index in [0.717, 1.165) is 25.7 Å². The molecule has 0 aromatic heterocycles. The van der Waals surface area contributed by atoms with Crippen LogP contribution in [0, 0.1) is 0 Å². The number of carbonyl (C=O) groups is 1. The molecule has 2 aliphatic rings. The average molecular weight is 493 g/mol. The highest BCUT2D eigenvalue weighted by molar-refractivity contribution is 5.88. The molecule has 1 amide bonds. The topological polar surface area (TPSA) is 41.6 Å². The fourth-order valence-electron chi connectivity index (χ4n) is 6.99. The van der Waals surface area contributed by atoms with Crippen molar-refractivity contribution in [3.63, 3.8) is 0 Å². The Morgan fingerprint density at radius 1 is 0.686 bits per heavy atom. The van der Waals surface area contributed by atoms with E-state index < -0.39 is 11.3 Å². The van der Waals surface area contributed by atoms with E-state index in [9.17, 15) is 4.79 Å². The Morgan fingerprint density at radius 3 is 1.46 bits per heavy atom. The fraction of sp³-hybridized carbons (Fsp3) is 0.968. The van der Waals surface area contributed by atoms with E-state index in [1.807, 2.05) is 11.9 Å². The number of nitrogens with zero attached hydrogens (tertiary/aromatic N) is 1. The first-order chi connectivity index (χ1) is 16.5. The summed E-state index contributed by atoms with van der Waals surface area (Å²) in [6, 6.07) is 0. The molecule has 206 valence electrons. The van der Waals surface area contributed by atoms with Gasteiger partial charge in [-0.25, -0.2) is 0 Å². The fourth-order valence-corrected chi connectivity index (χ4v) is 6.99. The molecule has 1 N–H and O–H groups in total. The summed E-state index contributed by atoms with van der Waals surface area (Å²) in [6.07, 6.45) is 24.5. The van der Waals surface area contributed by atoms with Gasteiger partial charge in [0.25, 0.3) is 5.91 Å². The van der Waals surface area contributed by atoms with Crippen molar-refractivity contribution < 1.29 is 9.53 Å². The highest BCUT2D eigenvalue weighted by Gasteiger charge is 2.62. The molecule has 0 aromatic carbocycles. The van der Waals surface area contributed by atoms with Crippen LogP contribution in [-0.2, 0) is 9.53 Å². The predicted molar refractivity (Wildman–Crippen MR) is 150 cm³/mol. The van der Waals surface area contributed by atoms with E-state index in [4.69, 9.17) is 4.74 Å². The van der Waals surface area contributed by atoms with Crippen molar-refractivity contribution in [2.24, 2.45) is 0 Å². The molecule has 4 nitrogen and oxygen atoms in total. The molecule has 35 heavy (non-hydrogen) atoms. The number of likely N-dealkylation sites (N-methyl/N-ethyl adjacent to an activating group) is 1. The molecule has 0 aromatic rings. The molecule has 0 bridgehead atoms. The zero-order valence-corrected chi connectivity index (χ0v) is 24.7. The van der Waals surface area contributed by atoms with Crippen LogP contribution in [-0.4, -0.2) is 40.3 Å². The van der Waals surface area contributed by atoms with Crippen LogP contribution >= 0.6 is 0 Å². The van der Waals surface area contributed by atoms with Gasteiger partial charge in [0.15, 0.2) is 5.60 Å². The molecule has 4 heteroatoms. The maximum absolute atomic E-state index is 13.4. The zero-order valence-electron chi connectivity index (χ0n) is 24.7. The molecule has 0 radical (unpaired) electrons. The van der Waals surface area contributed by atoms with E-state index in [1.54, 1.807) is 0 Å². The highest BCUT2D eigenvalue weighted by Crippen LogP contribution is 2.48. The molecule has 0 saturated carbocycles. The quantitative estimate of drug-likeness (QED) is 0.207. The first-order valence-corrected chi connectivity index (χ1v) is 15.2. The van der Waals surface area contributed by atoms with Crippen LogP contribution in [0.1, 0.15) is 164 Å². The minimum atomic E-state index is -0.684. The van der Waals surface area contributed by atoms with Gasteiger partial charge in [-0.1, -0.05) is 103 Å². The third kappa shape index (κ3) is 9.65. The number of ether oxygens (including phenoxy) is 1. The number of unbranched alkanes of at least 4 members (excludes halogenated alkanes) is 15. The molecule has 1 spiro atoms. The van der Waals surface area contributed by atoms with Crippen molar-refractivity contribution in [2.45, 2.75) is 186 Å². The lowest BCUT2D eigenvalue weighted by molar-refractivity contribution is -0.164. The van der Waals surface area contributed by atoms with Crippen molar-refractivity contribution in [1.82, 2.24) is 10.2 Å². The van der Waals surface area contributed by atoms with Crippen molar-refractivity contribution in [3.05, 3.63) is 0 Å². The number of rotatable bonds is 17. The van der Waals surface area contributed by atoms with E-state index >= 15 is 0 Å². The summed E-state index contributed by atoms with van der Waals surface area (Å²) in [4.78, 5) is 15.3. The monoisotopic (exact) mass is 492 g/mol. The van der Waals surface area contributed by atoms with Crippen molar-refractivity contribution in [2.75, 3.05) is 7.05 Å². The number of carbonyl (C=O) groups excluding carboxylic acids is 1. The van der Waals surface area contributed by atoms with Gasteiger partial charge < -0.3 is 15.0 Å². The summed E-state index contributed by atoms with van der Waals surface area (Å²) in [5, 5.41) is 3.70. The Labute approximate surface area is 218 Å². The number of hydrogen-bond acceptors (Lipinski definition) is 3. The van der Waals surface area contributed by atoms with Crippen LogP contribution in [0.2, 0.25) is 0 Å². The van der Waals surface area contributed by atoms with Gasteiger partial charge >= 0.3 is 0 Å². The van der Waals surface area contributed by atoms with Gasteiger partial charge in [0.1, 0.15) is 5.72 Å². The van der Waals surface area contributed by atoms with Gasteiger partial charge in [-0.3, -0.25) is 4.79 Å².